The zero-order valence-corrected chi connectivity index (χ0v) is 49.9. The zero-order chi connectivity index (χ0) is 59.9. The van der Waals surface area contributed by atoms with Gasteiger partial charge in [0.15, 0.2) is 0 Å². The molecule has 0 aromatic heterocycles. The SMILES string of the molecule is CCCC(CCC)(NC(=O)CNC(=O)OC(C)(C)C)C(=O)N[C@@H](CC(C)C)C(=O)N[C@H](C(=O)N[C@@H](C)C(=O)N[C@@H](CC(C)C)C(=O)NC(C)(C)C(=O)N[C@H](C(=O)N[C@@H](C)C(=O)N[C@@H](CC(C)C)C(=O)OC)C(C)C)C(C)C. The first-order chi connectivity index (χ1) is 35.4. The smallest absolute Gasteiger partial charge is 0.408 e. The molecular weight excluding hydrogens is 997 g/mol. The number of carbonyl (C=O) groups excluding carboxylic acids is 11. The maximum atomic E-state index is 14.3. The van der Waals surface area contributed by atoms with Gasteiger partial charge in [-0.2, -0.15) is 0 Å². The Bertz CT molecular complexity index is 2010. The van der Waals surface area contributed by atoms with Crippen LogP contribution in [0.5, 0.6) is 0 Å². The van der Waals surface area contributed by atoms with Crippen molar-refractivity contribution in [2.24, 2.45) is 29.6 Å². The molecule has 0 heterocycles. The molecule has 23 heteroatoms. The Morgan fingerprint density at radius 1 is 0.455 bits per heavy atom. The van der Waals surface area contributed by atoms with Crippen molar-refractivity contribution in [2.75, 3.05) is 13.7 Å². The van der Waals surface area contributed by atoms with Crippen molar-refractivity contribution in [3.05, 3.63) is 0 Å². The third kappa shape index (κ3) is 25.8. The molecule has 10 amide bonds. The summed E-state index contributed by atoms with van der Waals surface area (Å²) in [6, 6.07) is -7.97. The minimum absolute atomic E-state index is 0.0483. The lowest BCUT2D eigenvalue weighted by Crippen LogP contribution is -2.64. The Morgan fingerprint density at radius 3 is 1.27 bits per heavy atom. The highest BCUT2D eigenvalue weighted by atomic mass is 16.6. The number of nitrogens with one attached hydrogen (secondary N) is 10. The lowest BCUT2D eigenvalue weighted by Gasteiger charge is -2.35. The molecule has 77 heavy (non-hydrogen) atoms. The molecule has 0 radical (unpaired) electrons. The van der Waals surface area contributed by atoms with E-state index in [0.29, 0.717) is 19.3 Å². The molecule has 0 fully saturated rings. The van der Waals surface area contributed by atoms with Crippen LogP contribution in [0.2, 0.25) is 0 Å². The van der Waals surface area contributed by atoms with Gasteiger partial charge < -0.3 is 62.6 Å². The van der Waals surface area contributed by atoms with Crippen molar-refractivity contribution < 1.29 is 62.2 Å². The second-order valence-corrected chi connectivity index (χ2v) is 23.5. The molecule has 0 saturated carbocycles. The van der Waals surface area contributed by atoms with Crippen LogP contribution in [0.1, 0.15) is 176 Å². The molecule has 0 aromatic rings. The predicted octanol–water partition coefficient (Wildman–Crippen LogP) is 2.92. The van der Waals surface area contributed by atoms with Gasteiger partial charge in [-0.15, -0.1) is 0 Å². The number of carbonyl (C=O) groups is 11. The molecule has 0 aliphatic rings. The maximum absolute atomic E-state index is 14.3. The Balaban J connectivity index is 6.22. The topological polar surface area (TPSA) is 327 Å². The van der Waals surface area contributed by atoms with E-state index in [2.05, 4.69) is 53.2 Å². The lowest BCUT2D eigenvalue weighted by molar-refractivity contribution is -0.146. The summed E-state index contributed by atoms with van der Waals surface area (Å²) in [7, 11) is 1.21. The Morgan fingerprint density at radius 2 is 0.870 bits per heavy atom. The lowest BCUT2D eigenvalue weighted by atomic mass is 9.86. The van der Waals surface area contributed by atoms with E-state index in [4.69, 9.17) is 9.47 Å². The van der Waals surface area contributed by atoms with E-state index in [1.54, 1.807) is 48.5 Å². The average molecular weight is 1100 g/mol. The summed E-state index contributed by atoms with van der Waals surface area (Å²) in [5.41, 5.74) is -3.89. The number of methoxy groups -OCH3 is 1. The van der Waals surface area contributed by atoms with Crippen molar-refractivity contribution in [3.8, 4) is 0 Å². The van der Waals surface area contributed by atoms with Crippen molar-refractivity contribution in [1.82, 2.24) is 53.2 Å². The van der Waals surface area contributed by atoms with E-state index in [9.17, 15) is 52.7 Å². The fourth-order valence-corrected chi connectivity index (χ4v) is 8.12. The summed E-state index contributed by atoms with van der Waals surface area (Å²) in [5.74, 6) is -8.03. The highest BCUT2D eigenvalue weighted by Gasteiger charge is 2.42. The molecule has 442 valence electrons. The second-order valence-electron chi connectivity index (χ2n) is 23.5. The van der Waals surface area contributed by atoms with E-state index in [0.717, 1.165) is 0 Å². The molecule has 0 bridgehead atoms. The number of hydrogen-bond acceptors (Lipinski definition) is 13. The zero-order valence-electron chi connectivity index (χ0n) is 49.9. The van der Waals surface area contributed by atoms with Gasteiger partial charge in [-0.25, -0.2) is 9.59 Å². The largest absolute Gasteiger partial charge is 0.467 e. The van der Waals surface area contributed by atoms with Crippen molar-refractivity contribution >= 4 is 65.2 Å². The van der Waals surface area contributed by atoms with Crippen LogP contribution in [-0.4, -0.2) is 138 Å². The van der Waals surface area contributed by atoms with Gasteiger partial charge in [0, 0.05) is 0 Å². The van der Waals surface area contributed by atoms with E-state index in [1.165, 1.54) is 34.8 Å². The number of amides is 10. The van der Waals surface area contributed by atoms with E-state index in [-0.39, 0.29) is 43.4 Å². The quantitative estimate of drug-likeness (QED) is 0.0434. The fourth-order valence-electron chi connectivity index (χ4n) is 8.12. The van der Waals surface area contributed by atoms with Crippen LogP contribution in [-0.2, 0) is 57.4 Å². The first kappa shape index (κ1) is 71.0. The normalized spacial score (nSPS) is 14.7. The van der Waals surface area contributed by atoms with E-state index < -0.39 is 143 Å². The van der Waals surface area contributed by atoms with Gasteiger partial charge in [0.25, 0.3) is 0 Å². The summed E-state index contributed by atoms with van der Waals surface area (Å²) in [5, 5.41) is 26.6. The van der Waals surface area contributed by atoms with E-state index in [1.807, 2.05) is 55.4 Å². The summed E-state index contributed by atoms with van der Waals surface area (Å²) in [6.45, 7) is 31.8. The number of alkyl carbamates (subject to hydrolysis) is 1. The Labute approximate surface area is 458 Å². The number of hydrogen-bond donors (Lipinski definition) is 10. The van der Waals surface area contributed by atoms with Crippen LogP contribution in [0.3, 0.4) is 0 Å². The van der Waals surface area contributed by atoms with Crippen LogP contribution in [0.4, 0.5) is 4.79 Å². The predicted molar refractivity (Wildman–Crippen MR) is 292 cm³/mol. The Kier molecular flexibility index (Phi) is 30.1. The third-order valence-corrected chi connectivity index (χ3v) is 12.1. The van der Waals surface area contributed by atoms with Gasteiger partial charge in [-0.3, -0.25) is 43.2 Å². The number of ether oxygens (including phenoxy) is 2. The summed E-state index contributed by atoms with van der Waals surface area (Å²) >= 11 is 0. The first-order valence-electron chi connectivity index (χ1n) is 27.2. The average Bonchev–Trinajstić information content (AvgIpc) is 3.28. The van der Waals surface area contributed by atoms with Crippen LogP contribution in [0.25, 0.3) is 0 Å². The van der Waals surface area contributed by atoms with Crippen LogP contribution in [0, 0.1) is 29.6 Å². The molecular formula is C54H98N10O13. The first-order valence-corrected chi connectivity index (χ1v) is 27.2. The minimum Gasteiger partial charge on any atom is -0.467 e. The van der Waals surface area contributed by atoms with Crippen molar-refractivity contribution in [3.63, 3.8) is 0 Å². The molecule has 0 aliphatic heterocycles. The van der Waals surface area contributed by atoms with Crippen molar-refractivity contribution in [2.45, 2.75) is 235 Å². The van der Waals surface area contributed by atoms with Crippen LogP contribution >= 0.6 is 0 Å². The third-order valence-electron chi connectivity index (χ3n) is 12.1. The molecule has 10 N–H and O–H groups in total. The standard InChI is InChI=1S/C54H98N10O13/c1-21-23-54(24-22-2,63-39(65)28-55-51(75)77-52(15,16)17)50(74)60-36(25-29(3)4)44(68)61-40(32(9)10)46(70)56-34(13)42(66)58-37(26-30(5)6)45(69)64-53(18,19)49(73)62-41(33(11)12)47(71)57-35(14)43(67)59-38(27-31(7)8)48(72)76-20/h29-38,40-41H,21-28H2,1-20H3,(H,55,75)(H,56,70)(H,57,71)(H,58,66)(H,59,67)(H,60,74)(H,61,68)(H,62,73)(H,63,65)(H,64,69)/t34-,35-,36-,37-,38-,40-,41-/m0/s1. The molecule has 7 atom stereocenters. The van der Waals surface area contributed by atoms with Crippen molar-refractivity contribution in [1.29, 1.82) is 0 Å². The van der Waals surface area contributed by atoms with Gasteiger partial charge in [0.05, 0.1) is 7.11 Å². The summed E-state index contributed by atoms with van der Waals surface area (Å²) < 4.78 is 10.0. The summed E-state index contributed by atoms with van der Waals surface area (Å²) in [6.07, 6.45) is 1.19. The number of esters is 1. The second kappa shape index (κ2) is 32.6. The molecule has 0 unspecified atom stereocenters. The van der Waals surface area contributed by atoms with Gasteiger partial charge in [-0.05, 0) is 110 Å². The fraction of sp³-hybridized carbons (Fsp3) is 0.796. The molecule has 0 spiro atoms. The number of rotatable bonds is 32. The highest BCUT2D eigenvalue weighted by molar-refractivity contribution is 6.00. The van der Waals surface area contributed by atoms with E-state index >= 15 is 0 Å². The molecule has 0 aliphatic carbocycles. The highest BCUT2D eigenvalue weighted by Crippen LogP contribution is 2.22. The van der Waals surface area contributed by atoms with Crippen LogP contribution in [0.15, 0.2) is 0 Å². The Hall–Kier alpha value is -6.03. The maximum Gasteiger partial charge on any atom is 0.408 e. The monoisotopic (exact) mass is 1090 g/mol. The van der Waals surface area contributed by atoms with Gasteiger partial charge in [0.2, 0.25) is 53.2 Å². The molecule has 0 aromatic carbocycles. The molecule has 0 saturated heterocycles. The van der Waals surface area contributed by atoms with Gasteiger partial charge >= 0.3 is 12.1 Å². The van der Waals surface area contributed by atoms with Gasteiger partial charge in [0.1, 0.15) is 65.5 Å². The summed E-state index contributed by atoms with van der Waals surface area (Å²) in [4.78, 5) is 148. The van der Waals surface area contributed by atoms with Gasteiger partial charge in [-0.1, -0.05) is 95.9 Å². The molecule has 23 nitrogen and oxygen atoms in total. The minimum atomic E-state index is -1.64. The molecule has 0 rings (SSSR count). The van der Waals surface area contributed by atoms with Crippen LogP contribution < -0.4 is 53.2 Å².